The molecule has 186 valence electrons. The first-order chi connectivity index (χ1) is 16.5. The van der Waals surface area contributed by atoms with E-state index < -0.39 is 0 Å². The molecule has 0 saturated heterocycles. The molecule has 4 rings (SSSR count). The Morgan fingerprint density at radius 1 is 1.09 bits per heavy atom. The van der Waals surface area contributed by atoms with Gasteiger partial charge in [0, 0.05) is 6.54 Å². The first-order valence-corrected chi connectivity index (χ1v) is 13.2. The molecule has 0 aromatic heterocycles. The number of Topliss-reactive ketones (excluding diaryl/α,β-unsaturated/α-hetero) is 1. The summed E-state index contributed by atoms with van der Waals surface area (Å²) in [7, 11) is 0. The predicted octanol–water partition coefficient (Wildman–Crippen LogP) is 4.75. The van der Waals surface area contributed by atoms with Gasteiger partial charge < -0.3 is 19.3 Å². The average molecular weight is 469 g/mol. The van der Waals surface area contributed by atoms with Crippen LogP contribution in [0.2, 0.25) is 0 Å². The van der Waals surface area contributed by atoms with Gasteiger partial charge in [0.1, 0.15) is 11.9 Å². The zero-order valence-corrected chi connectivity index (χ0v) is 21.2. The molecule has 0 radical (unpaired) electrons. The van der Waals surface area contributed by atoms with Crippen molar-refractivity contribution in [1.82, 2.24) is 9.80 Å². The third-order valence-corrected chi connectivity index (χ3v) is 7.64. The molecular formula is C28H40N2O4. The molecule has 1 aromatic carbocycles. The Morgan fingerprint density at radius 2 is 1.82 bits per heavy atom. The second kappa shape index (κ2) is 10.9. The molecule has 1 fully saturated rings. The van der Waals surface area contributed by atoms with Crippen molar-refractivity contribution in [2.75, 3.05) is 32.8 Å². The fourth-order valence-corrected chi connectivity index (χ4v) is 5.67. The number of ether oxygens (including phenoxy) is 2. The van der Waals surface area contributed by atoms with Crippen molar-refractivity contribution in [3.05, 3.63) is 41.2 Å². The van der Waals surface area contributed by atoms with E-state index in [1.807, 2.05) is 29.2 Å². The lowest BCUT2D eigenvalue weighted by molar-refractivity contribution is -0.136. The van der Waals surface area contributed by atoms with Crippen LogP contribution in [-0.2, 0) is 14.3 Å². The number of nitrogens with zero attached hydrogens (tertiary/aromatic N) is 2. The Kier molecular flexibility index (Phi) is 7.97. The monoisotopic (exact) mass is 468 g/mol. The molecule has 3 aliphatic rings. The van der Waals surface area contributed by atoms with Crippen molar-refractivity contribution in [1.29, 1.82) is 0 Å². The van der Waals surface area contributed by atoms with E-state index in [1.165, 1.54) is 0 Å². The minimum absolute atomic E-state index is 0.119. The summed E-state index contributed by atoms with van der Waals surface area (Å²) < 4.78 is 12.1. The fourth-order valence-electron chi connectivity index (χ4n) is 5.67. The minimum Gasteiger partial charge on any atom is -0.494 e. The summed E-state index contributed by atoms with van der Waals surface area (Å²) in [5.41, 5.74) is 1.52. The highest BCUT2D eigenvalue weighted by molar-refractivity contribution is 6.11. The molecule has 0 spiro atoms. The average Bonchev–Trinajstić information content (AvgIpc) is 3.13. The Bertz CT molecular complexity index is 905. The molecule has 4 unspecified atom stereocenters. The first-order valence-electron chi connectivity index (χ1n) is 13.2. The quantitative estimate of drug-likeness (QED) is 0.496. The standard InChI is InChI=1S/C28H40N2O4/c1-5-17-33-21-12-10-20(11-13-21)25-24-26(31)22-18-19(4)9-14-23(22)34-27(24)28(32)30(25)16-8-15-29(6-2)7-3/h10-13,19,22-23,25H,5-9,14-18H2,1-4H3. The number of amides is 1. The van der Waals surface area contributed by atoms with Gasteiger partial charge in [-0.15, -0.1) is 0 Å². The summed E-state index contributed by atoms with van der Waals surface area (Å²) in [4.78, 5) is 31.6. The number of carbonyl (C=O) groups excluding carboxylic acids is 2. The normalized spacial score (nSPS) is 26.6. The zero-order chi connectivity index (χ0) is 24.2. The van der Waals surface area contributed by atoms with Crippen LogP contribution < -0.4 is 4.74 Å². The van der Waals surface area contributed by atoms with Gasteiger partial charge >= 0.3 is 0 Å². The molecule has 1 saturated carbocycles. The van der Waals surface area contributed by atoms with Gasteiger partial charge in [0.05, 0.1) is 24.1 Å². The molecule has 1 aliphatic carbocycles. The molecule has 6 heteroatoms. The summed E-state index contributed by atoms with van der Waals surface area (Å²) in [6.45, 7) is 12.8. The maximum Gasteiger partial charge on any atom is 0.290 e. The van der Waals surface area contributed by atoms with Crippen molar-refractivity contribution in [2.24, 2.45) is 11.8 Å². The summed E-state index contributed by atoms with van der Waals surface area (Å²) in [6.07, 6.45) is 4.38. The molecule has 34 heavy (non-hydrogen) atoms. The summed E-state index contributed by atoms with van der Waals surface area (Å²) >= 11 is 0. The first kappa shape index (κ1) is 24.8. The zero-order valence-electron chi connectivity index (χ0n) is 21.2. The Balaban J connectivity index is 1.63. The maximum absolute atomic E-state index is 13.8. The van der Waals surface area contributed by atoms with Gasteiger partial charge in [-0.1, -0.05) is 39.8 Å². The highest BCUT2D eigenvalue weighted by atomic mass is 16.5. The van der Waals surface area contributed by atoms with Gasteiger partial charge in [-0.3, -0.25) is 9.59 Å². The van der Waals surface area contributed by atoms with Crippen LogP contribution in [-0.4, -0.2) is 60.4 Å². The number of fused-ring (bicyclic) bond motifs is 1. The van der Waals surface area contributed by atoms with Crippen LogP contribution in [0.4, 0.5) is 0 Å². The number of benzene rings is 1. The van der Waals surface area contributed by atoms with E-state index in [2.05, 4.69) is 32.6 Å². The molecule has 1 amide bonds. The number of carbonyl (C=O) groups is 2. The van der Waals surface area contributed by atoms with E-state index in [0.29, 0.717) is 30.4 Å². The molecule has 2 aliphatic heterocycles. The van der Waals surface area contributed by atoms with Gasteiger partial charge in [-0.05, 0) is 75.4 Å². The van der Waals surface area contributed by atoms with E-state index in [0.717, 1.165) is 63.1 Å². The third-order valence-electron chi connectivity index (χ3n) is 7.64. The van der Waals surface area contributed by atoms with E-state index in [-0.39, 0.29) is 29.8 Å². The maximum atomic E-state index is 13.8. The smallest absolute Gasteiger partial charge is 0.290 e. The Morgan fingerprint density at radius 3 is 2.50 bits per heavy atom. The van der Waals surface area contributed by atoms with E-state index in [1.54, 1.807) is 0 Å². The molecule has 0 N–H and O–H groups in total. The van der Waals surface area contributed by atoms with Crippen LogP contribution >= 0.6 is 0 Å². The van der Waals surface area contributed by atoms with Crippen LogP contribution in [0.3, 0.4) is 0 Å². The molecule has 1 aromatic rings. The SMILES string of the molecule is CCCOc1ccc(C2C3=C(OC4CCC(C)CC4C3=O)C(=O)N2CCCN(CC)CC)cc1. The lowest BCUT2D eigenvalue weighted by Crippen LogP contribution is -2.41. The van der Waals surface area contributed by atoms with Crippen molar-refractivity contribution in [2.45, 2.75) is 71.9 Å². The van der Waals surface area contributed by atoms with Crippen LogP contribution in [0, 0.1) is 11.8 Å². The Hall–Kier alpha value is -2.34. The van der Waals surface area contributed by atoms with Crippen molar-refractivity contribution in [3.8, 4) is 5.75 Å². The number of ketones is 1. The van der Waals surface area contributed by atoms with Crippen LogP contribution in [0.15, 0.2) is 35.6 Å². The predicted molar refractivity (Wildman–Crippen MR) is 132 cm³/mol. The van der Waals surface area contributed by atoms with Crippen molar-refractivity contribution < 1.29 is 19.1 Å². The van der Waals surface area contributed by atoms with Gasteiger partial charge in [-0.2, -0.15) is 0 Å². The molecule has 4 atom stereocenters. The highest BCUT2D eigenvalue weighted by Crippen LogP contribution is 2.47. The minimum atomic E-state index is -0.384. The van der Waals surface area contributed by atoms with E-state index >= 15 is 0 Å². The van der Waals surface area contributed by atoms with E-state index in [9.17, 15) is 9.59 Å². The summed E-state index contributed by atoms with van der Waals surface area (Å²) in [6, 6.07) is 7.51. The molecule has 2 heterocycles. The van der Waals surface area contributed by atoms with Crippen LogP contribution in [0.1, 0.15) is 71.4 Å². The van der Waals surface area contributed by atoms with Gasteiger partial charge in [0.15, 0.2) is 11.5 Å². The Labute approximate surface area is 204 Å². The lowest BCUT2D eigenvalue weighted by Gasteiger charge is -2.37. The number of rotatable bonds is 10. The molecular weight excluding hydrogens is 428 g/mol. The second-order valence-electron chi connectivity index (χ2n) is 9.99. The number of hydrogen-bond donors (Lipinski definition) is 0. The topological polar surface area (TPSA) is 59.1 Å². The largest absolute Gasteiger partial charge is 0.494 e. The lowest BCUT2D eigenvalue weighted by atomic mass is 9.74. The summed E-state index contributed by atoms with van der Waals surface area (Å²) in [5, 5.41) is 0. The molecule has 0 bridgehead atoms. The highest BCUT2D eigenvalue weighted by Gasteiger charge is 2.52. The fraction of sp³-hybridized carbons (Fsp3) is 0.643. The summed E-state index contributed by atoms with van der Waals surface area (Å²) in [5.74, 6) is 1.47. The van der Waals surface area contributed by atoms with E-state index in [4.69, 9.17) is 9.47 Å². The number of hydrogen-bond acceptors (Lipinski definition) is 5. The van der Waals surface area contributed by atoms with Crippen molar-refractivity contribution >= 4 is 11.7 Å². The van der Waals surface area contributed by atoms with Gasteiger partial charge in [0.25, 0.3) is 5.91 Å². The van der Waals surface area contributed by atoms with Crippen LogP contribution in [0.5, 0.6) is 5.75 Å². The third kappa shape index (κ3) is 4.88. The second-order valence-corrected chi connectivity index (χ2v) is 9.99. The van der Waals surface area contributed by atoms with Gasteiger partial charge in [0.2, 0.25) is 0 Å². The van der Waals surface area contributed by atoms with Crippen LogP contribution in [0.25, 0.3) is 0 Å². The molecule has 6 nitrogen and oxygen atoms in total. The van der Waals surface area contributed by atoms with Gasteiger partial charge in [-0.25, -0.2) is 0 Å². The van der Waals surface area contributed by atoms with Crippen molar-refractivity contribution in [3.63, 3.8) is 0 Å².